The van der Waals surface area contributed by atoms with E-state index in [1.54, 1.807) is 11.4 Å². The average molecular weight is 308 g/mol. The summed E-state index contributed by atoms with van der Waals surface area (Å²) < 4.78 is 0. The van der Waals surface area contributed by atoms with Gasteiger partial charge in [0.1, 0.15) is 0 Å². The van der Waals surface area contributed by atoms with Crippen molar-refractivity contribution in [2.24, 2.45) is 0 Å². The quantitative estimate of drug-likeness (QED) is 0.789. The molecule has 1 aromatic heterocycles. The standard InChI is InChI=1S/C15H20N2O3S/c18-13(19)5-4-12-6-11-21-14(12)15(20)16-7-10-17-8-2-1-3-9-17/h4-6,11H,1-3,7-10H2,(H,16,20)(H,18,19). The molecule has 5 nitrogen and oxygen atoms in total. The second-order valence-corrected chi connectivity index (χ2v) is 5.95. The van der Waals surface area contributed by atoms with Crippen LogP contribution in [0, 0.1) is 0 Å². The molecule has 2 heterocycles. The number of hydrogen-bond acceptors (Lipinski definition) is 4. The molecule has 0 saturated carbocycles. The fourth-order valence-electron chi connectivity index (χ4n) is 2.39. The Morgan fingerprint density at radius 1 is 1.33 bits per heavy atom. The summed E-state index contributed by atoms with van der Waals surface area (Å²) in [5.74, 6) is -1.15. The molecular formula is C15H20N2O3S. The minimum absolute atomic E-state index is 0.132. The van der Waals surface area contributed by atoms with E-state index in [4.69, 9.17) is 5.11 Å². The topological polar surface area (TPSA) is 69.6 Å². The van der Waals surface area contributed by atoms with E-state index in [0.29, 0.717) is 17.0 Å². The van der Waals surface area contributed by atoms with Crippen molar-refractivity contribution in [1.29, 1.82) is 0 Å². The van der Waals surface area contributed by atoms with Gasteiger partial charge >= 0.3 is 5.97 Å². The van der Waals surface area contributed by atoms with E-state index in [0.717, 1.165) is 25.7 Å². The smallest absolute Gasteiger partial charge is 0.328 e. The molecule has 1 aliphatic rings. The Bertz CT molecular complexity index is 519. The maximum Gasteiger partial charge on any atom is 0.328 e. The Kier molecular flexibility index (Phi) is 5.95. The Morgan fingerprint density at radius 2 is 2.10 bits per heavy atom. The van der Waals surface area contributed by atoms with Gasteiger partial charge in [-0.25, -0.2) is 4.79 Å². The first kappa shape index (κ1) is 15.7. The Hall–Kier alpha value is -1.66. The van der Waals surface area contributed by atoms with Gasteiger partial charge < -0.3 is 15.3 Å². The number of hydrogen-bond donors (Lipinski definition) is 2. The molecule has 0 aliphatic carbocycles. The highest BCUT2D eigenvalue weighted by Gasteiger charge is 2.13. The number of carboxylic acid groups (broad SMARTS) is 1. The zero-order valence-electron chi connectivity index (χ0n) is 11.9. The van der Waals surface area contributed by atoms with Gasteiger partial charge in [-0.15, -0.1) is 11.3 Å². The Labute approximate surface area is 128 Å². The van der Waals surface area contributed by atoms with E-state index >= 15 is 0 Å². The molecule has 0 spiro atoms. The van der Waals surface area contributed by atoms with E-state index in [2.05, 4.69) is 10.2 Å². The molecule has 0 aromatic carbocycles. The van der Waals surface area contributed by atoms with Crippen LogP contribution in [0.4, 0.5) is 0 Å². The minimum atomic E-state index is -1.02. The molecule has 0 atom stereocenters. The zero-order valence-corrected chi connectivity index (χ0v) is 12.7. The number of nitrogens with one attached hydrogen (secondary N) is 1. The van der Waals surface area contributed by atoms with Crippen LogP contribution in [0.15, 0.2) is 17.5 Å². The molecule has 0 bridgehead atoms. The van der Waals surface area contributed by atoms with E-state index in [1.807, 2.05) is 0 Å². The fourth-order valence-corrected chi connectivity index (χ4v) is 3.19. The third-order valence-corrected chi connectivity index (χ3v) is 4.40. The summed E-state index contributed by atoms with van der Waals surface area (Å²) in [4.78, 5) is 25.6. The summed E-state index contributed by atoms with van der Waals surface area (Å²) in [7, 11) is 0. The molecular weight excluding hydrogens is 288 g/mol. The highest BCUT2D eigenvalue weighted by molar-refractivity contribution is 7.12. The summed E-state index contributed by atoms with van der Waals surface area (Å²) >= 11 is 1.33. The van der Waals surface area contributed by atoms with Gasteiger partial charge in [0.15, 0.2) is 0 Å². The maximum atomic E-state index is 12.1. The number of carboxylic acids is 1. The van der Waals surface area contributed by atoms with Crippen LogP contribution < -0.4 is 5.32 Å². The number of piperidine rings is 1. The lowest BCUT2D eigenvalue weighted by molar-refractivity contribution is -0.131. The van der Waals surface area contributed by atoms with Crippen LogP contribution in [0.2, 0.25) is 0 Å². The van der Waals surface area contributed by atoms with Crippen LogP contribution >= 0.6 is 11.3 Å². The predicted octanol–water partition coefficient (Wildman–Crippen LogP) is 2.06. The lowest BCUT2D eigenvalue weighted by atomic mass is 10.1. The van der Waals surface area contributed by atoms with Gasteiger partial charge in [-0.1, -0.05) is 6.42 Å². The number of carbonyl (C=O) groups is 2. The van der Waals surface area contributed by atoms with Crippen molar-refractivity contribution < 1.29 is 14.7 Å². The van der Waals surface area contributed by atoms with Crippen LogP contribution in [0.1, 0.15) is 34.5 Å². The van der Waals surface area contributed by atoms with Gasteiger partial charge in [-0.05, 0) is 49.0 Å². The Morgan fingerprint density at radius 3 is 2.81 bits per heavy atom. The maximum absolute atomic E-state index is 12.1. The summed E-state index contributed by atoms with van der Waals surface area (Å²) in [5.41, 5.74) is 0.651. The minimum Gasteiger partial charge on any atom is -0.478 e. The Balaban J connectivity index is 1.83. The van der Waals surface area contributed by atoms with Crippen LogP contribution in [0.5, 0.6) is 0 Å². The number of nitrogens with zero attached hydrogens (tertiary/aromatic N) is 1. The van der Waals surface area contributed by atoms with Crippen molar-refractivity contribution in [3.8, 4) is 0 Å². The molecule has 1 amide bonds. The summed E-state index contributed by atoms with van der Waals surface area (Å²) in [6, 6.07) is 1.75. The molecule has 1 saturated heterocycles. The van der Waals surface area contributed by atoms with Gasteiger partial charge in [-0.2, -0.15) is 0 Å². The van der Waals surface area contributed by atoms with Crippen LogP contribution in [-0.4, -0.2) is 48.1 Å². The SMILES string of the molecule is O=C(O)C=Cc1ccsc1C(=O)NCCN1CCCCC1. The van der Waals surface area contributed by atoms with Crippen LogP contribution in [-0.2, 0) is 4.79 Å². The molecule has 114 valence electrons. The number of likely N-dealkylation sites (tertiary alicyclic amines) is 1. The van der Waals surface area contributed by atoms with Crippen molar-refractivity contribution in [2.75, 3.05) is 26.2 Å². The first-order valence-electron chi connectivity index (χ1n) is 7.16. The second kappa shape index (κ2) is 7.95. The highest BCUT2D eigenvalue weighted by Crippen LogP contribution is 2.18. The van der Waals surface area contributed by atoms with E-state index in [1.165, 1.54) is 36.7 Å². The number of carbonyl (C=O) groups excluding carboxylic acids is 1. The summed E-state index contributed by atoms with van der Waals surface area (Å²) in [6.45, 7) is 3.72. The molecule has 1 fully saturated rings. The number of rotatable bonds is 6. The van der Waals surface area contributed by atoms with Crippen LogP contribution in [0.25, 0.3) is 6.08 Å². The number of aliphatic carboxylic acids is 1. The highest BCUT2D eigenvalue weighted by atomic mass is 32.1. The van der Waals surface area contributed by atoms with E-state index in [-0.39, 0.29) is 5.91 Å². The molecule has 1 aromatic rings. The molecule has 1 aliphatic heterocycles. The lowest BCUT2D eigenvalue weighted by Crippen LogP contribution is -2.37. The van der Waals surface area contributed by atoms with Crippen molar-refractivity contribution in [1.82, 2.24) is 10.2 Å². The van der Waals surface area contributed by atoms with E-state index in [9.17, 15) is 9.59 Å². The lowest BCUT2D eigenvalue weighted by Gasteiger charge is -2.26. The van der Waals surface area contributed by atoms with Crippen molar-refractivity contribution >= 4 is 29.3 Å². The van der Waals surface area contributed by atoms with Crippen LogP contribution in [0.3, 0.4) is 0 Å². The predicted molar refractivity (Wildman–Crippen MR) is 83.6 cm³/mol. The summed E-state index contributed by atoms with van der Waals surface area (Å²) in [5, 5.41) is 13.3. The third kappa shape index (κ3) is 4.99. The first-order chi connectivity index (χ1) is 10.2. The van der Waals surface area contributed by atoms with Gasteiger partial charge in [0.2, 0.25) is 0 Å². The first-order valence-corrected chi connectivity index (χ1v) is 8.04. The molecule has 0 unspecified atom stereocenters. The molecule has 2 rings (SSSR count). The van der Waals surface area contributed by atoms with Gasteiger partial charge in [0.05, 0.1) is 4.88 Å². The third-order valence-electron chi connectivity index (χ3n) is 3.47. The number of amides is 1. The van der Waals surface area contributed by atoms with E-state index < -0.39 is 5.97 Å². The molecule has 21 heavy (non-hydrogen) atoms. The number of thiophene rings is 1. The van der Waals surface area contributed by atoms with Crippen molar-refractivity contribution in [3.63, 3.8) is 0 Å². The zero-order chi connectivity index (χ0) is 15.1. The fraction of sp³-hybridized carbons (Fsp3) is 0.467. The molecule has 0 radical (unpaired) electrons. The molecule has 2 N–H and O–H groups in total. The van der Waals surface area contributed by atoms with Gasteiger partial charge in [0, 0.05) is 19.2 Å². The average Bonchev–Trinajstić information content (AvgIpc) is 2.94. The van der Waals surface area contributed by atoms with Gasteiger partial charge in [-0.3, -0.25) is 4.79 Å². The van der Waals surface area contributed by atoms with Crippen molar-refractivity contribution in [2.45, 2.75) is 19.3 Å². The monoisotopic (exact) mass is 308 g/mol. The second-order valence-electron chi connectivity index (χ2n) is 5.03. The summed E-state index contributed by atoms with van der Waals surface area (Å²) in [6.07, 6.45) is 6.29. The van der Waals surface area contributed by atoms with Crippen molar-refractivity contribution in [3.05, 3.63) is 28.0 Å². The largest absolute Gasteiger partial charge is 0.478 e. The van der Waals surface area contributed by atoms with Gasteiger partial charge in [0.25, 0.3) is 5.91 Å². The molecule has 6 heteroatoms. The normalized spacial score (nSPS) is 16.2.